The van der Waals surface area contributed by atoms with Gasteiger partial charge in [0.05, 0.1) is 37.5 Å². The van der Waals surface area contributed by atoms with Crippen LogP contribution in [0.4, 0.5) is 30.7 Å². The summed E-state index contributed by atoms with van der Waals surface area (Å²) in [5.74, 6) is 0.523. The van der Waals surface area contributed by atoms with Crippen LogP contribution < -0.4 is 11.5 Å². The van der Waals surface area contributed by atoms with E-state index in [9.17, 15) is 30.7 Å². The summed E-state index contributed by atoms with van der Waals surface area (Å²) in [6, 6.07) is 8.91. The highest BCUT2D eigenvalue weighted by Gasteiger charge is 2.36. The van der Waals surface area contributed by atoms with Gasteiger partial charge in [-0.3, -0.25) is 14.7 Å². The number of aliphatic imine (C=N–C) groups is 1. The van der Waals surface area contributed by atoms with Gasteiger partial charge in [0.15, 0.2) is 0 Å². The Kier molecular flexibility index (Phi) is 15.8. The van der Waals surface area contributed by atoms with Crippen molar-refractivity contribution in [1.82, 2.24) is 4.90 Å². The lowest BCUT2D eigenvalue weighted by Gasteiger charge is -2.25. The lowest BCUT2D eigenvalue weighted by Crippen LogP contribution is -2.41. The second kappa shape index (κ2) is 17.3. The lowest BCUT2D eigenvalue weighted by molar-refractivity contribution is -0.143. The standard InChI is InChI=1S/C9H6F6O.C7H15N3O.C6H5F.CH3NO/c10-8(11,12)6-1-5(4-16)2-7(3-6)9(13,14)15;1-9-7(8)6-10-2-4-11-5-3-10;7-6-4-2-1-3-5-6;2-1-3/h1-3,16H,4H2;2-6H2,1H3,(H2,8,9);1-5H;1H,(H2,2,3). The SMILES string of the molecule is CN=C(N)CN1CCOCC1.Fc1ccccc1.NC=O.OCc1cc(C(F)(F)F)cc(C(F)(F)F)c1. The minimum absolute atomic E-state index is 0.0131. The number of primary amides is 1. The van der Waals surface area contributed by atoms with Crippen molar-refractivity contribution in [3.05, 3.63) is 71.0 Å². The third-order valence-electron chi connectivity index (χ3n) is 4.34. The fraction of sp³-hybridized carbons (Fsp3) is 0.391. The Balaban J connectivity index is 0.000000532. The Labute approximate surface area is 209 Å². The summed E-state index contributed by atoms with van der Waals surface area (Å²) in [4.78, 5) is 14.7. The number of aliphatic hydroxyl groups is 1. The normalized spacial score (nSPS) is 14.1. The van der Waals surface area contributed by atoms with Crippen molar-refractivity contribution < 1.29 is 45.4 Å². The molecule has 1 aliphatic rings. The molecule has 7 nitrogen and oxygen atoms in total. The van der Waals surface area contributed by atoms with E-state index >= 15 is 0 Å². The third-order valence-corrected chi connectivity index (χ3v) is 4.34. The quantitative estimate of drug-likeness (QED) is 0.238. The van der Waals surface area contributed by atoms with Crippen LogP contribution >= 0.6 is 0 Å². The zero-order valence-electron chi connectivity index (χ0n) is 19.9. The van der Waals surface area contributed by atoms with Crippen LogP contribution in [0.2, 0.25) is 0 Å². The fourth-order valence-electron chi connectivity index (χ4n) is 2.58. The summed E-state index contributed by atoms with van der Waals surface area (Å²) in [6.07, 6.45) is -9.49. The first-order valence-electron chi connectivity index (χ1n) is 10.5. The number of nitrogens with zero attached hydrogens (tertiary/aromatic N) is 2. The number of alkyl halides is 6. The first-order chi connectivity index (χ1) is 17.3. The first kappa shape index (κ1) is 33.8. The number of halogens is 7. The van der Waals surface area contributed by atoms with E-state index in [0.29, 0.717) is 18.0 Å². The minimum atomic E-state index is -4.87. The number of ether oxygens (including phenoxy) is 1. The largest absolute Gasteiger partial charge is 0.416 e. The molecule has 1 saturated heterocycles. The molecule has 0 aliphatic carbocycles. The Morgan fingerprint density at radius 1 is 1.03 bits per heavy atom. The molecular formula is C23H29F7N4O3. The topological polar surface area (TPSA) is 114 Å². The Bertz CT molecular complexity index is 902. The van der Waals surface area contributed by atoms with Gasteiger partial charge in [0.2, 0.25) is 6.41 Å². The fourth-order valence-corrected chi connectivity index (χ4v) is 2.58. The van der Waals surface area contributed by atoms with Gasteiger partial charge < -0.3 is 21.3 Å². The molecule has 0 saturated carbocycles. The molecule has 0 unspecified atom stereocenters. The van der Waals surface area contributed by atoms with Crippen LogP contribution in [0.1, 0.15) is 16.7 Å². The van der Waals surface area contributed by atoms with Crippen molar-refractivity contribution in [2.45, 2.75) is 19.0 Å². The highest BCUT2D eigenvalue weighted by Crippen LogP contribution is 2.36. The van der Waals surface area contributed by atoms with Crippen LogP contribution in [-0.2, 0) is 28.5 Å². The van der Waals surface area contributed by atoms with E-state index in [2.05, 4.69) is 15.6 Å². The molecular weight excluding hydrogens is 513 g/mol. The molecule has 2 aromatic carbocycles. The van der Waals surface area contributed by atoms with Crippen molar-refractivity contribution >= 4 is 12.2 Å². The maximum Gasteiger partial charge on any atom is 0.416 e. The number of carbonyl (C=O) groups is 1. The van der Waals surface area contributed by atoms with Gasteiger partial charge in [0.1, 0.15) is 11.7 Å². The Hall–Kier alpha value is -3.23. The van der Waals surface area contributed by atoms with Crippen LogP contribution in [0.15, 0.2) is 53.5 Å². The molecule has 0 aromatic heterocycles. The van der Waals surface area contributed by atoms with E-state index in [-0.39, 0.29) is 18.3 Å². The molecule has 14 heteroatoms. The molecule has 1 fully saturated rings. The summed E-state index contributed by atoms with van der Waals surface area (Å²) in [7, 11) is 1.72. The molecule has 1 heterocycles. The Morgan fingerprint density at radius 3 is 1.81 bits per heavy atom. The van der Waals surface area contributed by atoms with Crippen LogP contribution in [0.25, 0.3) is 0 Å². The van der Waals surface area contributed by atoms with Gasteiger partial charge in [-0.1, -0.05) is 18.2 Å². The average Bonchev–Trinajstić information content (AvgIpc) is 2.85. The van der Waals surface area contributed by atoms with E-state index in [1.165, 1.54) is 12.1 Å². The van der Waals surface area contributed by atoms with Crippen LogP contribution in [0.5, 0.6) is 0 Å². The van der Waals surface area contributed by atoms with Crippen molar-refractivity contribution in [1.29, 1.82) is 0 Å². The van der Waals surface area contributed by atoms with Gasteiger partial charge in [0, 0.05) is 20.1 Å². The van der Waals surface area contributed by atoms with Crippen molar-refractivity contribution in [3.8, 4) is 0 Å². The smallest absolute Gasteiger partial charge is 0.392 e. The summed E-state index contributed by atoms with van der Waals surface area (Å²) in [5, 5.41) is 8.58. The number of morpholine rings is 1. The van der Waals surface area contributed by atoms with Gasteiger partial charge in [-0.05, 0) is 35.9 Å². The summed E-state index contributed by atoms with van der Waals surface area (Å²) >= 11 is 0. The molecule has 37 heavy (non-hydrogen) atoms. The maximum absolute atomic E-state index is 12.2. The number of benzene rings is 2. The molecule has 5 N–H and O–H groups in total. The third kappa shape index (κ3) is 15.5. The number of amidine groups is 1. The first-order valence-corrected chi connectivity index (χ1v) is 10.5. The molecule has 1 amide bonds. The highest BCUT2D eigenvalue weighted by atomic mass is 19.4. The van der Waals surface area contributed by atoms with Gasteiger partial charge in [-0.2, -0.15) is 26.3 Å². The van der Waals surface area contributed by atoms with Gasteiger partial charge in [-0.15, -0.1) is 0 Å². The number of hydrogen-bond donors (Lipinski definition) is 3. The van der Waals surface area contributed by atoms with E-state index in [4.69, 9.17) is 20.4 Å². The van der Waals surface area contributed by atoms with E-state index < -0.39 is 35.6 Å². The zero-order chi connectivity index (χ0) is 28.5. The van der Waals surface area contributed by atoms with Gasteiger partial charge in [0.25, 0.3) is 0 Å². The number of nitrogens with two attached hydrogens (primary N) is 2. The second-order valence-electron chi connectivity index (χ2n) is 7.11. The van der Waals surface area contributed by atoms with Crippen LogP contribution in [-0.4, -0.2) is 62.1 Å². The van der Waals surface area contributed by atoms with Crippen LogP contribution in [0.3, 0.4) is 0 Å². The average molecular weight is 542 g/mol. The molecule has 2 aromatic rings. The molecule has 208 valence electrons. The minimum Gasteiger partial charge on any atom is -0.392 e. The number of rotatable bonds is 3. The summed E-state index contributed by atoms with van der Waals surface area (Å²) < 4.78 is 90.4. The monoisotopic (exact) mass is 542 g/mol. The number of aliphatic hydroxyl groups excluding tert-OH is 1. The summed E-state index contributed by atoms with van der Waals surface area (Å²) in [6.45, 7) is 3.47. The van der Waals surface area contributed by atoms with Gasteiger partial charge >= 0.3 is 12.4 Å². The highest BCUT2D eigenvalue weighted by molar-refractivity contribution is 5.82. The van der Waals surface area contributed by atoms with Gasteiger partial charge in [-0.25, -0.2) is 4.39 Å². The maximum atomic E-state index is 12.2. The number of hydrogen-bond acceptors (Lipinski definition) is 5. The van der Waals surface area contributed by atoms with Crippen LogP contribution in [0, 0.1) is 5.82 Å². The number of amides is 1. The molecule has 0 radical (unpaired) electrons. The van der Waals surface area contributed by atoms with Crippen molar-refractivity contribution in [2.24, 2.45) is 16.5 Å². The Morgan fingerprint density at radius 2 is 1.49 bits per heavy atom. The molecule has 0 bridgehead atoms. The predicted octanol–water partition coefficient (Wildman–Crippen LogP) is 3.45. The predicted molar refractivity (Wildman–Crippen MR) is 124 cm³/mol. The van der Waals surface area contributed by atoms with E-state index in [0.717, 1.165) is 32.8 Å². The molecule has 0 spiro atoms. The molecule has 3 rings (SSSR count). The van der Waals surface area contributed by atoms with E-state index in [1.54, 1.807) is 25.2 Å². The van der Waals surface area contributed by atoms with Crippen molar-refractivity contribution in [2.75, 3.05) is 39.9 Å². The summed E-state index contributed by atoms with van der Waals surface area (Å²) in [5.41, 5.74) is 6.46. The zero-order valence-corrected chi connectivity index (χ0v) is 19.9. The second-order valence-corrected chi connectivity index (χ2v) is 7.11. The molecule has 1 aliphatic heterocycles. The van der Waals surface area contributed by atoms with Crippen molar-refractivity contribution in [3.63, 3.8) is 0 Å². The molecule has 0 atom stereocenters. The number of carbonyl (C=O) groups excluding carboxylic acids is 1. The lowest BCUT2D eigenvalue weighted by atomic mass is 10.1. The van der Waals surface area contributed by atoms with E-state index in [1.807, 2.05) is 0 Å².